The van der Waals surface area contributed by atoms with Gasteiger partial charge in [-0.3, -0.25) is 0 Å². The van der Waals surface area contributed by atoms with Gasteiger partial charge in [-0.25, -0.2) is 0 Å². The molecule has 0 amide bonds. The molecule has 0 aromatic heterocycles. The molecule has 0 fully saturated rings. The van der Waals surface area contributed by atoms with Crippen LogP contribution in [0.2, 0.25) is 0 Å². The molecule has 2 rings (SSSR count). The summed E-state index contributed by atoms with van der Waals surface area (Å²) in [7, 11) is 1.67. The first-order chi connectivity index (χ1) is 8.31. The SMILES string of the molecule is COc1ccc(Cc2ccc(CO)cc2)cc1. The van der Waals surface area contributed by atoms with E-state index in [1.165, 1.54) is 11.1 Å². The lowest BCUT2D eigenvalue weighted by atomic mass is 10.0. The zero-order valence-corrected chi connectivity index (χ0v) is 9.89. The second-order valence-electron chi connectivity index (χ2n) is 4.00. The Bertz CT molecular complexity index is 412. The fourth-order valence-corrected chi connectivity index (χ4v) is 1.74. The van der Waals surface area contributed by atoms with Crippen LogP contribution in [0, 0.1) is 0 Å². The average Bonchev–Trinajstić information content (AvgIpc) is 2.40. The van der Waals surface area contributed by atoms with Gasteiger partial charge in [0.05, 0.1) is 13.7 Å². The average molecular weight is 228 g/mol. The lowest BCUT2D eigenvalue weighted by Gasteiger charge is -2.04. The molecule has 1 N–H and O–H groups in total. The van der Waals surface area contributed by atoms with Gasteiger partial charge in [0, 0.05) is 0 Å². The molecule has 0 aliphatic heterocycles. The number of ether oxygens (including phenoxy) is 1. The molecule has 0 unspecified atom stereocenters. The highest BCUT2D eigenvalue weighted by atomic mass is 16.5. The van der Waals surface area contributed by atoms with E-state index in [1.54, 1.807) is 7.11 Å². The molecule has 2 aromatic carbocycles. The van der Waals surface area contributed by atoms with Crippen molar-refractivity contribution in [1.82, 2.24) is 0 Å². The molecular formula is C15H16O2. The number of aliphatic hydroxyl groups excluding tert-OH is 1. The van der Waals surface area contributed by atoms with Gasteiger partial charge in [-0.1, -0.05) is 36.4 Å². The maximum atomic E-state index is 8.96. The second-order valence-corrected chi connectivity index (χ2v) is 4.00. The van der Waals surface area contributed by atoms with Crippen LogP contribution in [0.25, 0.3) is 0 Å². The molecule has 2 aromatic rings. The van der Waals surface area contributed by atoms with E-state index in [2.05, 4.69) is 24.3 Å². The number of benzene rings is 2. The van der Waals surface area contributed by atoms with Crippen molar-refractivity contribution >= 4 is 0 Å². The highest BCUT2D eigenvalue weighted by molar-refractivity contribution is 5.32. The monoisotopic (exact) mass is 228 g/mol. The Balaban J connectivity index is 2.08. The largest absolute Gasteiger partial charge is 0.497 e. The quantitative estimate of drug-likeness (QED) is 0.872. The Morgan fingerprint density at radius 2 is 1.29 bits per heavy atom. The Labute approximate surface area is 101 Å². The van der Waals surface area contributed by atoms with Crippen LogP contribution in [0.4, 0.5) is 0 Å². The smallest absolute Gasteiger partial charge is 0.118 e. The maximum absolute atomic E-state index is 8.96. The van der Waals surface area contributed by atoms with Crippen molar-refractivity contribution in [3.8, 4) is 5.75 Å². The van der Waals surface area contributed by atoms with Gasteiger partial charge in [0.2, 0.25) is 0 Å². The van der Waals surface area contributed by atoms with Crippen LogP contribution in [0.15, 0.2) is 48.5 Å². The highest BCUT2D eigenvalue weighted by Crippen LogP contribution is 2.15. The van der Waals surface area contributed by atoms with E-state index in [9.17, 15) is 0 Å². The Kier molecular flexibility index (Phi) is 3.78. The molecule has 0 bridgehead atoms. The molecule has 0 saturated carbocycles. The van der Waals surface area contributed by atoms with Crippen LogP contribution in [-0.4, -0.2) is 12.2 Å². The van der Waals surface area contributed by atoms with Crippen LogP contribution in [0.5, 0.6) is 5.75 Å². The van der Waals surface area contributed by atoms with Crippen LogP contribution in [0.1, 0.15) is 16.7 Å². The fraction of sp³-hybridized carbons (Fsp3) is 0.200. The Hall–Kier alpha value is -1.80. The summed E-state index contributed by atoms with van der Waals surface area (Å²) in [6.07, 6.45) is 0.899. The summed E-state index contributed by atoms with van der Waals surface area (Å²) in [4.78, 5) is 0. The number of hydrogen-bond acceptors (Lipinski definition) is 2. The van der Waals surface area contributed by atoms with Gasteiger partial charge in [0.1, 0.15) is 5.75 Å². The summed E-state index contributed by atoms with van der Waals surface area (Å²) in [6, 6.07) is 16.1. The summed E-state index contributed by atoms with van der Waals surface area (Å²) in [5, 5.41) is 8.96. The zero-order chi connectivity index (χ0) is 12.1. The van der Waals surface area contributed by atoms with Gasteiger partial charge in [0.25, 0.3) is 0 Å². The van der Waals surface area contributed by atoms with Gasteiger partial charge in [-0.2, -0.15) is 0 Å². The molecule has 0 radical (unpaired) electrons. The van der Waals surface area contributed by atoms with Gasteiger partial charge < -0.3 is 9.84 Å². The Morgan fingerprint density at radius 1 is 0.824 bits per heavy atom. The van der Waals surface area contributed by atoms with Crippen LogP contribution < -0.4 is 4.74 Å². The molecule has 0 atom stereocenters. The molecule has 0 spiro atoms. The van der Waals surface area contributed by atoms with Gasteiger partial charge in [-0.05, 0) is 35.2 Å². The molecule has 0 aliphatic rings. The van der Waals surface area contributed by atoms with E-state index in [1.807, 2.05) is 24.3 Å². The van der Waals surface area contributed by atoms with Crippen molar-refractivity contribution in [2.24, 2.45) is 0 Å². The third kappa shape index (κ3) is 3.08. The van der Waals surface area contributed by atoms with Crippen LogP contribution >= 0.6 is 0 Å². The topological polar surface area (TPSA) is 29.5 Å². The molecule has 2 heteroatoms. The summed E-state index contributed by atoms with van der Waals surface area (Å²) >= 11 is 0. The predicted octanol–water partition coefficient (Wildman–Crippen LogP) is 2.78. The zero-order valence-electron chi connectivity index (χ0n) is 9.89. The molecule has 0 saturated heterocycles. The number of rotatable bonds is 4. The van der Waals surface area contributed by atoms with Gasteiger partial charge >= 0.3 is 0 Å². The molecule has 2 nitrogen and oxygen atoms in total. The van der Waals surface area contributed by atoms with E-state index in [0.717, 1.165) is 17.7 Å². The van der Waals surface area contributed by atoms with E-state index in [-0.39, 0.29) is 6.61 Å². The maximum Gasteiger partial charge on any atom is 0.118 e. The third-order valence-electron chi connectivity index (χ3n) is 2.77. The highest BCUT2D eigenvalue weighted by Gasteiger charge is 1.98. The van der Waals surface area contributed by atoms with Crippen molar-refractivity contribution < 1.29 is 9.84 Å². The first-order valence-corrected chi connectivity index (χ1v) is 5.63. The molecule has 0 aliphatic carbocycles. The number of hydrogen-bond donors (Lipinski definition) is 1. The Morgan fingerprint density at radius 3 is 1.76 bits per heavy atom. The van der Waals surface area contributed by atoms with E-state index < -0.39 is 0 Å². The molecule has 17 heavy (non-hydrogen) atoms. The van der Waals surface area contributed by atoms with E-state index in [4.69, 9.17) is 9.84 Å². The number of methoxy groups -OCH3 is 1. The van der Waals surface area contributed by atoms with Crippen molar-refractivity contribution in [1.29, 1.82) is 0 Å². The summed E-state index contributed by atoms with van der Waals surface area (Å²) in [5.41, 5.74) is 3.44. The normalized spacial score (nSPS) is 10.2. The second kappa shape index (κ2) is 5.51. The fourth-order valence-electron chi connectivity index (χ4n) is 1.74. The lowest BCUT2D eigenvalue weighted by molar-refractivity contribution is 0.282. The first kappa shape index (κ1) is 11.7. The molecule has 0 heterocycles. The van der Waals surface area contributed by atoms with Crippen molar-refractivity contribution in [2.75, 3.05) is 7.11 Å². The molecular weight excluding hydrogens is 212 g/mol. The minimum absolute atomic E-state index is 0.100. The van der Waals surface area contributed by atoms with Crippen molar-refractivity contribution in [2.45, 2.75) is 13.0 Å². The minimum atomic E-state index is 0.100. The van der Waals surface area contributed by atoms with Crippen molar-refractivity contribution in [3.05, 3.63) is 65.2 Å². The summed E-state index contributed by atoms with van der Waals surface area (Å²) in [5.74, 6) is 0.879. The lowest BCUT2D eigenvalue weighted by Crippen LogP contribution is -1.90. The van der Waals surface area contributed by atoms with Crippen LogP contribution in [-0.2, 0) is 13.0 Å². The minimum Gasteiger partial charge on any atom is -0.497 e. The van der Waals surface area contributed by atoms with Gasteiger partial charge in [0.15, 0.2) is 0 Å². The van der Waals surface area contributed by atoms with Crippen molar-refractivity contribution in [3.63, 3.8) is 0 Å². The van der Waals surface area contributed by atoms with E-state index >= 15 is 0 Å². The van der Waals surface area contributed by atoms with Gasteiger partial charge in [-0.15, -0.1) is 0 Å². The standard InChI is InChI=1S/C15H16O2/c1-17-15-8-6-13(7-9-15)10-12-2-4-14(11-16)5-3-12/h2-9,16H,10-11H2,1H3. The first-order valence-electron chi connectivity index (χ1n) is 5.63. The summed E-state index contributed by atoms with van der Waals surface area (Å²) in [6.45, 7) is 0.100. The van der Waals surface area contributed by atoms with E-state index in [0.29, 0.717) is 0 Å². The van der Waals surface area contributed by atoms with Crippen LogP contribution in [0.3, 0.4) is 0 Å². The predicted molar refractivity (Wildman–Crippen MR) is 68.2 cm³/mol. The molecule has 88 valence electrons. The third-order valence-corrected chi connectivity index (χ3v) is 2.77. The summed E-state index contributed by atoms with van der Waals surface area (Å²) < 4.78 is 5.12. The number of aliphatic hydroxyl groups is 1.